The number of hydrogen-bond acceptors (Lipinski definition) is 8. The van der Waals surface area contributed by atoms with Crippen LogP contribution in [0.25, 0.3) is 0 Å². The predicted molar refractivity (Wildman–Crippen MR) is 87.4 cm³/mol. The van der Waals surface area contributed by atoms with Gasteiger partial charge in [0.2, 0.25) is 5.79 Å². The number of carbonyl (C=O) groups excluding carboxylic acids is 3. The van der Waals surface area contributed by atoms with Gasteiger partial charge in [-0.15, -0.1) is 0 Å². The average molecular weight is 362 g/mol. The van der Waals surface area contributed by atoms with Crippen molar-refractivity contribution in [1.82, 2.24) is 0 Å². The van der Waals surface area contributed by atoms with Gasteiger partial charge in [0.25, 0.3) is 0 Å². The molecule has 3 rings (SSSR count). The highest BCUT2D eigenvalue weighted by molar-refractivity contribution is 6.21. The van der Waals surface area contributed by atoms with E-state index in [9.17, 15) is 34.8 Å². The van der Waals surface area contributed by atoms with E-state index < -0.39 is 57.8 Å². The molecule has 1 heterocycles. The van der Waals surface area contributed by atoms with Crippen LogP contribution in [0.3, 0.4) is 0 Å². The van der Waals surface area contributed by atoms with Gasteiger partial charge in [-0.05, 0) is 27.7 Å². The molecule has 0 saturated carbocycles. The van der Waals surface area contributed by atoms with Crippen LogP contribution in [-0.2, 0) is 15.0 Å². The van der Waals surface area contributed by atoms with Crippen molar-refractivity contribution in [3.63, 3.8) is 0 Å². The number of aliphatic hydroxyl groups excluding tert-OH is 1. The number of hydrogen-bond donors (Lipinski definition) is 4. The van der Waals surface area contributed by atoms with Gasteiger partial charge in [0.05, 0.1) is 17.6 Å². The van der Waals surface area contributed by atoms with E-state index in [0.29, 0.717) is 0 Å². The molecule has 0 spiro atoms. The van der Waals surface area contributed by atoms with Crippen LogP contribution in [0, 0.1) is 6.92 Å². The summed E-state index contributed by atoms with van der Waals surface area (Å²) in [5.74, 6) is -6.58. The topological polar surface area (TPSA) is 141 Å². The van der Waals surface area contributed by atoms with Crippen LogP contribution in [0.1, 0.15) is 48.7 Å². The van der Waals surface area contributed by atoms with E-state index in [1.807, 2.05) is 0 Å². The number of carbonyl (C=O) groups is 3. The monoisotopic (exact) mass is 362 g/mol. The number of Topliss-reactive ketones (excluding diaryl/α,β-unsaturated/α-hetero) is 3. The van der Waals surface area contributed by atoms with Crippen molar-refractivity contribution in [2.45, 2.75) is 45.3 Å². The number of allylic oxidation sites excluding steroid dienone is 1. The minimum absolute atomic E-state index is 0.0582. The van der Waals surface area contributed by atoms with E-state index in [1.165, 1.54) is 13.8 Å². The minimum atomic E-state index is -2.34. The smallest absolute Gasteiger partial charge is 0.232 e. The Hall–Kier alpha value is -2.87. The van der Waals surface area contributed by atoms with Crippen LogP contribution >= 0.6 is 0 Å². The van der Waals surface area contributed by atoms with Gasteiger partial charge in [0.15, 0.2) is 17.3 Å². The van der Waals surface area contributed by atoms with Crippen LogP contribution in [0.2, 0.25) is 0 Å². The van der Waals surface area contributed by atoms with Gasteiger partial charge in [0, 0.05) is 5.56 Å². The summed E-state index contributed by atoms with van der Waals surface area (Å²) < 4.78 is 5.47. The molecule has 138 valence electrons. The summed E-state index contributed by atoms with van der Waals surface area (Å²) in [6, 6.07) is 0. The zero-order valence-electron chi connectivity index (χ0n) is 14.6. The number of aliphatic hydroxyl groups is 2. The summed E-state index contributed by atoms with van der Waals surface area (Å²) in [5.41, 5.74) is -2.89. The van der Waals surface area contributed by atoms with E-state index in [4.69, 9.17) is 4.74 Å². The van der Waals surface area contributed by atoms with Crippen molar-refractivity contribution in [1.29, 1.82) is 0 Å². The lowest BCUT2D eigenvalue weighted by Gasteiger charge is -2.40. The molecule has 1 aliphatic carbocycles. The second-order valence-electron chi connectivity index (χ2n) is 6.85. The van der Waals surface area contributed by atoms with E-state index in [0.717, 1.165) is 13.8 Å². The van der Waals surface area contributed by atoms with Gasteiger partial charge < -0.3 is 25.2 Å². The fourth-order valence-electron chi connectivity index (χ4n) is 3.75. The molecule has 0 radical (unpaired) electrons. The number of phenols is 2. The van der Waals surface area contributed by atoms with Gasteiger partial charge >= 0.3 is 0 Å². The summed E-state index contributed by atoms with van der Waals surface area (Å²) in [6.07, 6.45) is -0.673. The highest BCUT2D eigenvalue weighted by Crippen LogP contribution is 2.61. The van der Waals surface area contributed by atoms with Crippen LogP contribution < -0.4 is 4.74 Å². The molecule has 0 amide bonds. The highest BCUT2D eigenvalue weighted by Gasteiger charge is 2.66. The third kappa shape index (κ3) is 1.84. The Balaban J connectivity index is 2.50. The molecule has 0 saturated heterocycles. The molecular formula is C18H18O8. The molecular weight excluding hydrogens is 344 g/mol. The van der Waals surface area contributed by atoms with Crippen molar-refractivity contribution in [3.05, 3.63) is 28.0 Å². The summed E-state index contributed by atoms with van der Waals surface area (Å²) >= 11 is 0. The van der Waals surface area contributed by atoms with Gasteiger partial charge in [-0.1, -0.05) is 0 Å². The molecule has 2 aliphatic rings. The van der Waals surface area contributed by atoms with Crippen molar-refractivity contribution in [2.24, 2.45) is 0 Å². The Morgan fingerprint density at radius 3 is 2.15 bits per heavy atom. The fraction of sp³-hybridized carbons (Fsp3) is 0.389. The normalized spacial score (nSPS) is 27.0. The van der Waals surface area contributed by atoms with E-state index in [1.54, 1.807) is 0 Å². The van der Waals surface area contributed by atoms with Gasteiger partial charge in [-0.3, -0.25) is 14.4 Å². The summed E-state index contributed by atoms with van der Waals surface area (Å²) in [5, 5.41) is 42.5. The number of fused-ring (bicyclic) bond motifs is 3. The van der Waals surface area contributed by atoms with Crippen molar-refractivity contribution in [2.75, 3.05) is 0 Å². The van der Waals surface area contributed by atoms with E-state index in [2.05, 4.69) is 0 Å². The maximum absolute atomic E-state index is 12.3. The Labute approximate surface area is 148 Å². The lowest BCUT2D eigenvalue weighted by atomic mass is 9.66. The molecule has 0 aromatic heterocycles. The van der Waals surface area contributed by atoms with Crippen LogP contribution in [0.15, 0.2) is 11.3 Å². The van der Waals surface area contributed by atoms with Crippen LogP contribution in [0.4, 0.5) is 0 Å². The van der Waals surface area contributed by atoms with Gasteiger partial charge in [0.1, 0.15) is 34.0 Å². The van der Waals surface area contributed by atoms with Crippen molar-refractivity contribution >= 4 is 17.3 Å². The lowest BCUT2D eigenvalue weighted by molar-refractivity contribution is -0.180. The number of ether oxygens (including phenoxy) is 1. The quantitative estimate of drug-likeness (QED) is 0.456. The molecule has 26 heavy (non-hydrogen) atoms. The predicted octanol–water partition coefficient (Wildman–Crippen LogP) is 1.32. The minimum Gasteiger partial charge on any atom is -0.510 e. The van der Waals surface area contributed by atoms with Crippen molar-refractivity contribution < 1.29 is 39.5 Å². The average Bonchev–Trinajstić information content (AvgIpc) is 2.73. The lowest BCUT2D eigenvalue weighted by Crippen LogP contribution is -2.56. The zero-order valence-corrected chi connectivity index (χ0v) is 14.6. The van der Waals surface area contributed by atoms with E-state index in [-0.39, 0.29) is 22.4 Å². The van der Waals surface area contributed by atoms with Crippen molar-refractivity contribution in [3.8, 4) is 17.2 Å². The van der Waals surface area contributed by atoms with Gasteiger partial charge in [-0.2, -0.15) is 0 Å². The molecule has 0 unspecified atom stereocenters. The first-order chi connectivity index (χ1) is 11.9. The second-order valence-corrected chi connectivity index (χ2v) is 6.85. The molecule has 2 atom stereocenters. The van der Waals surface area contributed by atoms with E-state index >= 15 is 0 Å². The Morgan fingerprint density at radius 2 is 1.65 bits per heavy atom. The first-order valence-corrected chi connectivity index (χ1v) is 7.87. The van der Waals surface area contributed by atoms with Crippen LogP contribution in [0.5, 0.6) is 17.2 Å². The van der Waals surface area contributed by atoms with Crippen LogP contribution in [-0.4, -0.2) is 43.6 Å². The molecule has 0 bridgehead atoms. The number of ketones is 3. The molecule has 0 fully saturated rings. The summed E-state index contributed by atoms with van der Waals surface area (Å²) in [4.78, 5) is 36.1. The molecule has 4 N–H and O–H groups in total. The second kappa shape index (κ2) is 5.07. The molecule has 1 aliphatic heterocycles. The molecule has 8 nitrogen and oxygen atoms in total. The Bertz CT molecular complexity index is 941. The molecule has 1 aromatic carbocycles. The Kier molecular flexibility index (Phi) is 3.50. The fourth-order valence-corrected chi connectivity index (χ4v) is 3.75. The number of aromatic hydroxyl groups is 2. The highest BCUT2D eigenvalue weighted by atomic mass is 16.6. The SMILES string of the molecule is CC(=O)C1=C(O)[C@]2(C)c3c(O)c(C)c(O)c(C(C)=O)c3O[C@]2(O)CC1=O. The summed E-state index contributed by atoms with van der Waals surface area (Å²) in [7, 11) is 0. The maximum atomic E-state index is 12.3. The number of phenolic OH excluding ortho intramolecular Hbond substituents is 2. The zero-order chi connectivity index (χ0) is 19.8. The number of rotatable bonds is 2. The molecule has 1 aromatic rings. The number of benzene rings is 1. The Morgan fingerprint density at radius 1 is 1.08 bits per heavy atom. The molecule has 8 heteroatoms. The summed E-state index contributed by atoms with van der Waals surface area (Å²) in [6.45, 7) is 4.89. The first-order valence-electron chi connectivity index (χ1n) is 7.87. The van der Waals surface area contributed by atoms with Gasteiger partial charge in [-0.25, -0.2) is 0 Å². The largest absolute Gasteiger partial charge is 0.510 e. The first kappa shape index (κ1) is 17.9. The third-order valence-electron chi connectivity index (χ3n) is 5.28. The standard InChI is InChI=1S/C18H18O8/c1-6-13(22)11(8(3)20)15-12(14(6)23)17(4)16(24)10(7(2)19)9(21)5-18(17,25)26-15/h22-25H,5H2,1-4H3/t17-,18+/m0/s1. The maximum Gasteiger partial charge on any atom is 0.232 e. The third-order valence-corrected chi connectivity index (χ3v) is 5.28.